The largest absolute Gasteiger partial charge is 0.444 e. The summed E-state index contributed by atoms with van der Waals surface area (Å²) in [6, 6.07) is 6.60. The third-order valence-electron chi connectivity index (χ3n) is 7.80. The molecule has 7 heteroatoms. The standard InChI is InChI=1S/C31H43ClN4O2.4C2H6/c1-31(2,3)38-30(37)36-17-12-22(13-18-36)28-26-11-10-25(32)21-24(26)20-23(8-6-15-34(4)19-14-33)27-9-7-16-35(5)29(27)28;4*1-2/h7,9-11,14,16,19-22,28-29H,6,8,12-13,15,17-18,33H2,1-5H3;4*1-2H3/b19-14-;;;;. The van der Waals surface area contributed by atoms with Gasteiger partial charge in [0.1, 0.15) is 5.60 Å². The number of carbonyl (C=O) groups excluding carboxylic acids is 1. The molecule has 0 saturated carbocycles. The first kappa shape index (κ1) is 43.1. The number of ether oxygens (including phenoxy) is 1. The van der Waals surface area contributed by atoms with E-state index in [-0.39, 0.29) is 12.1 Å². The van der Waals surface area contributed by atoms with Gasteiger partial charge in [0.25, 0.3) is 0 Å². The van der Waals surface area contributed by atoms with Crippen molar-refractivity contribution in [1.82, 2.24) is 14.7 Å². The van der Waals surface area contributed by atoms with Crippen LogP contribution < -0.4 is 5.73 Å². The Bertz CT molecular complexity index is 1130. The van der Waals surface area contributed by atoms with Crippen LogP contribution in [0.15, 0.2) is 60.1 Å². The molecule has 262 valence electrons. The normalized spacial score (nSPS) is 18.7. The number of likely N-dealkylation sites (tertiary alicyclic amines) is 1. The number of nitrogens with two attached hydrogens (primary N) is 1. The van der Waals surface area contributed by atoms with E-state index in [9.17, 15) is 4.79 Å². The zero-order valence-electron chi connectivity index (χ0n) is 31.5. The van der Waals surface area contributed by atoms with Gasteiger partial charge in [-0.2, -0.15) is 0 Å². The maximum atomic E-state index is 12.7. The van der Waals surface area contributed by atoms with E-state index in [1.165, 1.54) is 22.3 Å². The van der Waals surface area contributed by atoms with Gasteiger partial charge in [0.2, 0.25) is 0 Å². The number of benzene rings is 1. The quantitative estimate of drug-likeness (QED) is 0.329. The van der Waals surface area contributed by atoms with E-state index in [0.717, 1.165) is 37.3 Å². The van der Waals surface area contributed by atoms with Crippen LogP contribution in [-0.4, -0.2) is 66.2 Å². The van der Waals surface area contributed by atoms with Crippen LogP contribution in [0.2, 0.25) is 5.02 Å². The Morgan fingerprint density at radius 3 is 2.24 bits per heavy atom. The number of piperidine rings is 1. The molecule has 2 atom stereocenters. The van der Waals surface area contributed by atoms with Crippen LogP contribution in [0.5, 0.6) is 0 Å². The molecule has 2 N–H and O–H groups in total. The second kappa shape index (κ2) is 22.6. The van der Waals surface area contributed by atoms with E-state index in [0.29, 0.717) is 24.9 Å². The summed E-state index contributed by atoms with van der Waals surface area (Å²) in [5, 5.41) is 0.760. The van der Waals surface area contributed by atoms with Gasteiger partial charge in [-0.3, -0.25) is 0 Å². The Morgan fingerprint density at radius 1 is 1.07 bits per heavy atom. The first-order valence-electron chi connectivity index (χ1n) is 17.7. The molecule has 0 spiro atoms. The molecule has 4 rings (SSSR count). The molecule has 2 aliphatic heterocycles. The number of allylic oxidation sites excluding steroid dienone is 2. The zero-order valence-corrected chi connectivity index (χ0v) is 32.2. The van der Waals surface area contributed by atoms with Crippen LogP contribution in [0.25, 0.3) is 6.08 Å². The first-order chi connectivity index (χ1) is 22.1. The number of halogens is 1. The number of rotatable bonds is 6. The third kappa shape index (κ3) is 12.7. The first-order valence-corrected chi connectivity index (χ1v) is 18.1. The van der Waals surface area contributed by atoms with Crippen molar-refractivity contribution in [2.45, 2.75) is 119 Å². The maximum Gasteiger partial charge on any atom is 0.410 e. The molecule has 2 heterocycles. The lowest BCUT2D eigenvalue weighted by atomic mass is 9.72. The number of amides is 1. The highest BCUT2D eigenvalue weighted by Gasteiger charge is 2.41. The van der Waals surface area contributed by atoms with Crippen molar-refractivity contribution in [2.75, 3.05) is 33.7 Å². The van der Waals surface area contributed by atoms with Crippen LogP contribution in [0.1, 0.15) is 119 Å². The Morgan fingerprint density at radius 2 is 1.67 bits per heavy atom. The lowest BCUT2D eigenvalue weighted by Gasteiger charge is -2.44. The summed E-state index contributed by atoms with van der Waals surface area (Å²) in [6.07, 6.45) is 16.2. The number of likely N-dealkylation sites (N-methyl/N-ethyl adjacent to an activating group) is 1. The Hall–Kier alpha value is -2.86. The summed E-state index contributed by atoms with van der Waals surface area (Å²) in [6.45, 7) is 24.1. The predicted molar refractivity (Wildman–Crippen MR) is 202 cm³/mol. The highest BCUT2D eigenvalue weighted by atomic mass is 35.5. The van der Waals surface area contributed by atoms with Gasteiger partial charge >= 0.3 is 6.09 Å². The smallest absolute Gasteiger partial charge is 0.410 e. The summed E-state index contributed by atoms with van der Waals surface area (Å²) in [4.78, 5) is 19.1. The molecule has 46 heavy (non-hydrogen) atoms. The molecule has 3 aliphatic rings. The lowest BCUT2D eigenvalue weighted by molar-refractivity contribution is 0.0165. The van der Waals surface area contributed by atoms with Gasteiger partial charge in [0.15, 0.2) is 0 Å². The molecule has 1 aromatic rings. The minimum atomic E-state index is -0.484. The lowest BCUT2D eigenvalue weighted by Crippen LogP contribution is -2.46. The van der Waals surface area contributed by atoms with Gasteiger partial charge in [-0.05, 0) is 99.1 Å². The number of fused-ring (bicyclic) bond motifs is 2. The average Bonchev–Trinajstić information content (AvgIpc) is 3.19. The Balaban J connectivity index is 0.00000235. The van der Waals surface area contributed by atoms with Crippen LogP contribution in [0, 0.1) is 5.92 Å². The molecular formula is C39H67ClN4O2. The molecule has 1 amide bonds. The molecule has 1 aliphatic carbocycles. The molecule has 1 aromatic carbocycles. The van der Waals surface area contributed by atoms with Crippen molar-refractivity contribution in [3.8, 4) is 0 Å². The molecule has 0 aromatic heterocycles. The van der Waals surface area contributed by atoms with Gasteiger partial charge in [0, 0.05) is 57.1 Å². The van der Waals surface area contributed by atoms with Crippen LogP contribution in [0.4, 0.5) is 4.79 Å². The highest BCUT2D eigenvalue weighted by Crippen LogP contribution is 2.47. The van der Waals surface area contributed by atoms with Crippen LogP contribution in [0.3, 0.4) is 0 Å². The summed E-state index contributed by atoms with van der Waals surface area (Å²) in [7, 11) is 4.24. The van der Waals surface area contributed by atoms with E-state index in [4.69, 9.17) is 22.1 Å². The van der Waals surface area contributed by atoms with Crippen molar-refractivity contribution < 1.29 is 9.53 Å². The van der Waals surface area contributed by atoms with E-state index < -0.39 is 5.60 Å². The predicted octanol–water partition coefficient (Wildman–Crippen LogP) is 10.5. The summed E-state index contributed by atoms with van der Waals surface area (Å²) in [5.74, 6) is 0.727. The minimum absolute atomic E-state index is 0.208. The zero-order chi connectivity index (χ0) is 35.4. The van der Waals surface area contributed by atoms with E-state index in [1.54, 1.807) is 6.20 Å². The molecule has 6 nitrogen and oxygen atoms in total. The van der Waals surface area contributed by atoms with E-state index in [2.05, 4.69) is 60.5 Å². The monoisotopic (exact) mass is 658 g/mol. The molecule has 0 bridgehead atoms. The van der Waals surface area contributed by atoms with Crippen molar-refractivity contribution in [3.63, 3.8) is 0 Å². The molecule has 1 fully saturated rings. The molecular weight excluding hydrogens is 592 g/mol. The number of nitrogens with zero attached hydrogens (tertiary/aromatic N) is 3. The van der Waals surface area contributed by atoms with Gasteiger partial charge in [-0.15, -0.1) is 0 Å². The third-order valence-corrected chi connectivity index (χ3v) is 8.03. The molecule has 1 saturated heterocycles. The van der Waals surface area contributed by atoms with Crippen molar-refractivity contribution >= 4 is 23.8 Å². The number of hydrogen-bond donors (Lipinski definition) is 1. The molecule has 0 radical (unpaired) electrons. The second-order valence-corrected chi connectivity index (χ2v) is 12.2. The molecule has 2 unspecified atom stereocenters. The van der Waals surface area contributed by atoms with Crippen LogP contribution >= 0.6 is 11.6 Å². The Labute approximate surface area is 288 Å². The maximum absolute atomic E-state index is 12.7. The minimum Gasteiger partial charge on any atom is -0.444 e. The summed E-state index contributed by atoms with van der Waals surface area (Å²) < 4.78 is 5.66. The highest BCUT2D eigenvalue weighted by molar-refractivity contribution is 6.30. The van der Waals surface area contributed by atoms with E-state index >= 15 is 0 Å². The summed E-state index contributed by atoms with van der Waals surface area (Å²) in [5.41, 5.74) is 10.4. The van der Waals surface area contributed by atoms with Gasteiger partial charge in [-0.1, -0.05) is 85.2 Å². The average molecular weight is 659 g/mol. The van der Waals surface area contributed by atoms with Gasteiger partial charge in [0.05, 0.1) is 6.04 Å². The fraction of sp³-hybridized carbons (Fsp3) is 0.615. The van der Waals surface area contributed by atoms with Crippen molar-refractivity contribution in [3.05, 3.63) is 76.2 Å². The fourth-order valence-electron chi connectivity index (χ4n) is 6.09. The van der Waals surface area contributed by atoms with Gasteiger partial charge in [-0.25, -0.2) is 4.79 Å². The number of hydrogen-bond acceptors (Lipinski definition) is 5. The van der Waals surface area contributed by atoms with E-state index in [1.807, 2.05) is 93.3 Å². The Kier molecular flexibility index (Phi) is 21.2. The number of carbonyl (C=O) groups is 1. The summed E-state index contributed by atoms with van der Waals surface area (Å²) >= 11 is 6.53. The SMILES string of the molecule is CC.CC.CC.CC.CN(/C=C\N)CCCC1=Cc2cc(Cl)ccc2C(C2CCN(C(=O)OC(C)(C)C)CC2)C2C1=CC=CN2C. The topological polar surface area (TPSA) is 62.0 Å². The van der Waals surface area contributed by atoms with Crippen molar-refractivity contribution in [1.29, 1.82) is 0 Å². The second-order valence-electron chi connectivity index (χ2n) is 11.8. The fourth-order valence-corrected chi connectivity index (χ4v) is 6.27. The van der Waals surface area contributed by atoms with Crippen LogP contribution in [-0.2, 0) is 4.74 Å². The van der Waals surface area contributed by atoms with Crippen molar-refractivity contribution in [2.24, 2.45) is 11.7 Å². The van der Waals surface area contributed by atoms with Gasteiger partial charge < -0.3 is 25.2 Å².